The third-order valence-corrected chi connectivity index (χ3v) is 6.39. The normalized spacial score (nSPS) is 14.4. The second-order valence-electron chi connectivity index (χ2n) is 7.69. The highest BCUT2D eigenvalue weighted by Gasteiger charge is 2.17. The van der Waals surface area contributed by atoms with E-state index in [4.69, 9.17) is 0 Å². The fraction of sp³-hybridized carbons (Fsp3) is 0.280. The van der Waals surface area contributed by atoms with Crippen LogP contribution in [0.3, 0.4) is 0 Å². The molecule has 2 aromatic carbocycles. The predicted molar refractivity (Wildman–Crippen MR) is 129 cm³/mol. The van der Waals surface area contributed by atoms with Crippen molar-refractivity contribution < 1.29 is 4.79 Å². The molecule has 1 fully saturated rings. The summed E-state index contributed by atoms with van der Waals surface area (Å²) >= 11 is 1.61. The summed E-state index contributed by atoms with van der Waals surface area (Å²) in [5, 5.41) is 2.99. The van der Waals surface area contributed by atoms with E-state index in [9.17, 15) is 4.79 Å². The van der Waals surface area contributed by atoms with Gasteiger partial charge in [0.25, 0.3) is 0 Å². The van der Waals surface area contributed by atoms with Crippen molar-refractivity contribution in [3.63, 3.8) is 0 Å². The van der Waals surface area contributed by atoms with E-state index in [0.717, 1.165) is 44.2 Å². The number of nitrogens with one attached hydrogen (secondary N) is 1. The molecule has 5 nitrogen and oxygen atoms in total. The summed E-state index contributed by atoms with van der Waals surface area (Å²) in [7, 11) is 0. The molecule has 160 valence electrons. The Morgan fingerprint density at radius 1 is 0.871 bits per heavy atom. The van der Waals surface area contributed by atoms with Crippen LogP contribution < -0.4 is 10.2 Å². The highest BCUT2D eigenvalue weighted by atomic mass is 32.2. The molecule has 1 saturated heterocycles. The molecule has 4 rings (SSSR count). The molecule has 0 atom stereocenters. The molecule has 1 N–H and O–H groups in total. The van der Waals surface area contributed by atoms with Crippen LogP contribution in [0.2, 0.25) is 0 Å². The molecule has 1 aliphatic heterocycles. The fourth-order valence-corrected chi connectivity index (χ4v) is 4.49. The van der Waals surface area contributed by atoms with Crippen LogP contribution in [-0.2, 0) is 17.1 Å². The van der Waals surface area contributed by atoms with Gasteiger partial charge in [0.1, 0.15) is 0 Å². The number of carbonyl (C=O) groups excluding carboxylic acids is 1. The number of amides is 1. The zero-order valence-corrected chi connectivity index (χ0v) is 18.4. The number of rotatable bonds is 8. The molecule has 3 aromatic rings. The lowest BCUT2D eigenvalue weighted by Crippen LogP contribution is -2.45. The SMILES string of the molecule is O=C(CSCc1ccncc1)Nc1ccc(N2CCN(Cc3ccccc3)CC2)cc1. The van der Waals surface area contributed by atoms with Gasteiger partial charge >= 0.3 is 0 Å². The van der Waals surface area contributed by atoms with Gasteiger partial charge in [-0.1, -0.05) is 30.3 Å². The molecule has 6 heteroatoms. The number of anilines is 2. The number of hydrogen-bond acceptors (Lipinski definition) is 5. The summed E-state index contributed by atoms with van der Waals surface area (Å²) < 4.78 is 0. The lowest BCUT2D eigenvalue weighted by Gasteiger charge is -2.36. The van der Waals surface area contributed by atoms with Crippen LogP contribution in [0.1, 0.15) is 11.1 Å². The van der Waals surface area contributed by atoms with Gasteiger partial charge in [-0.05, 0) is 47.5 Å². The minimum Gasteiger partial charge on any atom is -0.369 e. The van der Waals surface area contributed by atoms with Crippen molar-refractivity contribution in [1.82, 2.24) is 9.88 Å². The van der Waals surface area contributed by atoms with Crippen LogP contribution in [0.15, 0.2) is 79.1 Å². The van der Waals surface area contributed by atoms with Gasteiger partial charge in [0.15, 0.2) is 0 Å². The quantitative estimate of drug-likeness (QED) is 0.576. The summed E-state index contributed by atoms with van der Waals surface area (Å²) in [5.41, 5.74) is 4.61. The first-order valence-corrected chi connectivity index (χ1v) is 11.8. The molecule has 2 heterocycles. The Morgan fingerprint density at radius 3 is 2.29 bits per heavy atom. The molecule has 1 amide bonds. The summed E-state index contributed by atoms with van der Waals surface area (Å²) in [6.45, 7) is 5.16. The number of thioether (sulfide) groups is 1. The van der Waals surface area contributed by atoms with Gasteiger partial charge in [-0.25, -0.2) is 0 Å². The van der Waals surface area contributed by atoms with Gasteiger partial charge in [-0.2, -0.15) is 0 Å². The van der Waals surface area contributed by atoms with E-state index >= 15 is 0 Å². The number of hydrogen-bond donors (Lipinski definition) is 1. The second-order valence-corrected chi connectivity index (χ2v) is 8.68. The smallest absolute Gasteiger partial charge is 0.234 e. The third kappa shape index (κ3) is 6.57. The minimum absolute atomic E-state index is 0.0290. The molecule has 0 saturated carbocycles. The predicted octanol–water partition coefficient (Wildman–Crippen LogP) is 4.28. The number of piperazine rings is 1. The first-order chi connectivity index (χ1) is 15.3. The van der Waals surface area contributed by atoms with Crippen molar-refractivity contribution in [2.45, 2.75) is 12.3 Å². The summed E-state index contributed by atoms with van der Waals surface area (Å²) in [4.78, 5) is 21.1. The molecule has 0 unspecified atom stereocenters. The van der Waals surface area contributed by atoms with E-state index in [1.54, 1.807) is 24.2 Å². The van der Waals surface area contributed by atoms with E-state index in [-0.39, 0.29) is 5.91 Å². The van der Waals surface area contributed by atoms with Gasteiger partial charge in [0, 0.05) is 62.2 Å². The van der Waals surface area contributed by atoms with Gasteiger partial charge in [-0.3, -0.25) is 14.7 Å². The van der Waals surface area contributed by atoms with Crippen molar-refractivity contribution >= 4 is 29.0 Å². The molecule has 0 radical (unpaired) electrons. The Kier molecular flexibility index (Phi) is 7.58. The topological polar surface area (TPSA) is 48.5 Å². The van der Waals surface area contributed by atoms with E-state index in [1.165, 1.54) is 16.8 Å². The summed E-state index contributed by atoms with van der Waals surface area (Å²) in [6, 6.07) is 22.8. The van der Waals surface area contributed by atoms with Crippen LogP contribution in [0.5, 0.6) is 0 Å². The van der Waals surface area contributed by atoms with Gasteiger partial charge in [0.05, 0.1) is 5.75 Å². The summed E-state index contributed by atoms with van der Waals surface area (Å²) in [5.74, 6) is 1.28. The Bertz CT molecular complexity index is 942. The van der Waals surface area contributed by atoms with Crippen LogP contribution in [0.25, 0.3) is 0 Å². The zero-order chi connectivity index (χ0) is 21.3. The molecule has 31 heavy (non-hydrogen) atoms. The number of aromatic nitrogens is 1. The molecular weight excluding hydrogens is 404 g/mol. The fourth-order valence-electron chi connectivity index (χ4n) is 3.70. The molecule has 0 bridgehead atoms. The maximum atomic E-state index is 12.2. The zero-order valence-electron chi connectivity index (χ0n) is 17.6. The standard InChI is InChI=1S/C25H28N4OS/c30-25(20-31-19-22-10-12-26-13-11-22)27-23-6-8-24(9-7-23)29-16-14-28(15-17-29)18-21-4-2-1-3-5-21/h1-13H,14-20H2,(H,27,30). The maximum absolute atomic E-state index is 12.2. The number of benzene rings is 2. The number of carbonyl (C=O) groups is 1. The van der Waals surface area contributed by atoms with E-state index < -0.39 is 0 Å². The number of nitrogens with zero attached hydrogens (tertiary/aromatic N) is 3. The molecular formula is C25H28N4OS. The molecule has 0 aliphatic carbocycles. The molecule has 0 spiro atoms. The van der Waals surface area contributed by atoms with Crippen molar-refractivity contribution in [3.8, 4) is 0 Å². The van der Waals surface area contributed by atoms with E-state index in [0.29, 0.717) is 5.75 Å². The van der Waals surface area contributed by atoms with Crippen LogP contribution in [0, 0.1) is 0 Å². The first kappa shape index (κ1) is 21.4. The van der Waals surface area contributed by atoms with Crippen LogP contribution in [0.4, 0.5) is 11.4 Å². The third-order valence-electron chi connectivity index (χ3n) is 5.39. The number of pyridine rings is 1. The Morgan fingerprint density at radius 2 is 1.58 bits per heavy atom. The lowest BCUT2D eigenvalue weighted by atomic mass is 10.2. The van der Waals surface area contributed by atoms with Crippen molar-refractivity contribution in [2.24, 2.45) is 0 Å². The van der Waals surface area contributed by atoms with Gasteiger partial charge in [-0.15, -0.1) is 11.8 Å². The van der Waals surface area contributed by atoms with Crippen LogP contribution in [-0.4, -0.2) is 47.7 Å². The van der Waals surface area contributed by atoms with Crippen molar-refractivity contribution in [2.75, 3.05) is 42.1 Å². The lowest BCUT2D eigenvalue weighted by molar-refractivity contribution is -0.113. The van der Waals surface area contributed by atoms with Crippen molar-refractivity contribution in [1.29, 1.82) is 0 Å². The summed E-state index contributed by atoms with van der Waals surface area (Å²) in [6.07, 6.45) is 3.56. The van der Waals surface area contributed by atoms with E-state index in [2.05, 4.69) is 62.6 Å². The van der Waals surface area contributed by atoms with Gasteiger partial charge < -0.3 is 10.2 Å². The minimum atomic E-state index is 0.0290. The second kappa shape index (κ2) is 11.0. The Labute approximate surface area is 188 Å². The van der Waals surface area contributed by atoms with Crippen molar-refractivity contribution in [3.05, 3.63) is 90.3 Å². The highest BCUT2D eigenvalue weighted by Crippen LogP contribution is 2.21. The van der Waals surface area contributed by atoms with E-state index in [1.807, 2.05) is 24.3 Å². The highest BCUT2D eigenvalue weighted by molar-refractivity contribution is 7.99. The maximum Gasteiger partial charge on any atom is 0.234 e. The largest absolute Gasteiger partial charge is 0.369 e. The molecule has 1 aliphatic rings. The van der Waals surface area contributed by atoms with Crippen LogP contribution >= 0.6 is 11.8 Å². The monoisotopic (exact) mass is 432 g/mol. The Hall–Kier alpha value is -2.83. The average Bonchev–Trinajstić information content (AvgIpc) is 2.82. The first-order valence-electron chi connectivity index (χ1n) is 10.6. The average molecular weight is 433 g/mol. The Balaban J connectivity index is 1.20. The molecule has 1 aromatic heterocycles. The van der Waals surface area contributed by atoms with Gasteiger partial charge in [0.2, 0.25) is 5.91 Å².